The Morgan fingerprint density at radius 2 is 1.78 bits per heavy atom. The number of aliphatic hydroxyl groups excluding tert-OH is 1. The maximum absolute atomic E-state index is 12.1. The zero-order valence-corrected chi connectivity index (χ0v) is 11.8. The first-order chi connectivity index (χ1) is 8.05. The Hall–Kier alpha value is -1.30. The van der Waals surface area contributed by atoms with Gasteiger partial charge in [0.1, 0.15) is 6.54 Å². The number of urea groups is 1. The van der Waals surface area contributed by atoms with E-state index in [1.807, 2.05) is 0 Å². The minimum absolute atomic E-state index is 0.332. The second-order valence-corrected chi connectivity index (χ2v) is 5.49. The maximum atomic E-state index is 12.1. The molecule has 106 valence electrons. The van der Waals surface area contributed by atoms with Crippen molar-refractivity contribution in [1.82, 2.24) is 9.80 Å². The van der Waals surface area contributed by atoms with Crippen molar-refractivity contribution in [2.24, 2.45) is 0 Å². The number of carbonyl (C=O) groups is 2. The third kappa shape index (κ3) is 5.86. The number of hydrogen-bond acceptors (Lipinski definition) is 3. The molecule has 18 heavy (non-hydrogen) atoms. The number of carbonyl (C=O) groups excluding carboxylic acids is 1. The van der Waals surface area contributed by atoms with Crippen molar-refractivity contribution in [2.45, 2.75) is 45.8 Å². The molecule has 0 heterocycles. The van der Waals surface area contributed by atoms with E-state index in [0.29, 0.717) is 13.0 Å². The molecule has 0 fully saturated rings. The van der Waals surface area contributed by atoms with Crippen molar-refractivity contribution in [2.75, 3.05) is 20.1 Å². The lowest BCUT2D eigenvalue weighted by molar-refractivity contribution is -0.138. The van der Waals surface area contributed by atoms with E-state index in [-0.39, 0.29) is 12.6 Å². The van der Waals surface area contributed by atoms with Crippen molar-refractivity contribution in [3.8, 4) is 0 Å². The molecule has 0 aliphatic rings. The normalized spacial score (nSPS) is 13.0. The molecule has 0 saturated heterocycles. The van der Waals surface area contributed by atoms with Crippen molar-refractivity contribution in [1.29, 1.82) is 0 Å². The van der Waals surface area contributed by atoms with Crippen LogP contribution in [0, 0.1) is 0 Å². The van der Waals surface area contributed by atoms with E-state index in [9.17, 15) is 14.7 Å². The molecule has 0 bridgehead atoms. The van der Waals surface area contributed by atoms with Gasteiger partial charge in [0.05, 0.1) is 6.10 Å². The van der Waals surface area contributed by atoms with Crippen molar-refractivity contribution in [3.63, 3.8) is 0 Å². The van der Waals surface area contributed by atoms with Crippen LogP contribution in [0.2, 0.25) is 0 Å². The van der Waals surface area contributed by atoms with Gasteiger partial charge in [-0.2, -0.15) is 0 Å². The van der Waals surface area contributed by atoms with Gasteiger partial charge in [-0.05, 0) is 34.1 Å². The first kappa shape index (κ1) is 16.7. The minimum atomic E-state index is -1.04. The highest BCUT2D eigenvalue weighted by Crippen LogP contribution is 2.15. The van der Waals surface area contributed by atoms with Crippen LogP contribution < -0.4 is 0 Å². The Kier molecular flexibility index (Phi) is 6.11. The molecule has 2 amide bonds. The predicted octanol–water partition coefficient (Wildman–Crippen LogP) is 0.994. The van der Waals surface area contributed by atoms with E-state index in [1.165, 1.54) is 9.80 Å². The smallest absolute Gasteiger partial charge is 0.323 e. The number of carboxylic acids is 1. The van der Waals surface area contributed by atoms with Crippen molar-refractivity contribution in [3.05, 3.63) is 0 Å². The molecule has 6 heteroatoms. The van der Waals surface area contributed by atoms with Crippen LogP contribution in [0.1, 0.15) is 34.1 Å². The van der Waals surface area contributed by atoms with E-state index in [0.717, 1.165) is 0 Å². The molecule has 0 rings (SSSR count). The number of aliphatic carboxylic acids is 1. The molecule has 0 saturated carbocycles. The average molecular weight is 260 g/mol. The third-order valence-electron chi connectivity index (χ3n) is 2.54. The number of amides is 2. The largest absolute Gasteiger partial charge is 0.480 e. The fourth-order valence-electron chi connectivity index (χ4n) is 1.41. The number of carboxylic acid groups (broad SMARTS) is 1. The zero-order valence-electron chi connectivity index (χ0n) is 11.8. The predicted molar refractivity (Wildman–Crippen MR) is 68.4 cm³/mol. The van der Waals surface area contributed by atoms with Crippen LogP contribution in [0.15, 0.2) is 0 Å². The first-order valence-corrected chi connectivity index (χ1v) is 5.98. The number of rotatable bonds is 5. The second kappa shape index (κ2) is 6.58. The molecule has 0 aromatic carbocycles. The summed E-state index contributed by atoms with van der Waals surface area (Å²) in [6, 6.07) is -0.342. The number of hydrogen-bond donors (Lipinski definition) is 2. The topological polar surface area (TPSA) is 81.1 Å². The average Bonchev–Trinajstić information content (AvgIpc) is 2.19. The molecular weight excluding hydrogens is 236 g/mol. The van der Waals surface area contributed by atoms with E-state index in [4.69, 9.17) is 5.11 Å². The standard InChI is InChI=1S/C12H24N2O4/c1-9(15)6-7-13(5)11(18)14(8-10(16)17)12(2,3)4/h9,15H,6-8H2,1-5H3,(H,16,17). The summed E-state index contributed by atoms with van der Waals surface area (Å²) in [5, 5.41) is 18.0. The summed E-state index contributed by atoms with van der Waals surface area (Å²) in [4.78, 5) is 25.7. The minimum Gasteiger partial charge on any atom is -0.480 e. The second-order valence-electron chi connectivity index (χ2n) is 5.49. The van der Waals surface area contributed by atoms with Crippen LogP contribution in [-0.2, 0) is 4.79 Å². The molecule has 0 aromatic rings. The number of nitrogens with zero attached hydrogens (tertiary/aromatic N) is 2. The van der Waals surface area contributed by atoms with E-state index >= 15 is 0 Å². The summed E-state index contributed by atoms with van der Waals surface area (Å²) >= 11 is 0. The van der Waals surface area contributed by atoms with Gasteiger partial charge in [-0.3, -0.25) is 4.79 Å². The Morgan fingerprint density at radius 3 is 2.11 bits per heavy atom. The van der Waals surface area contributed by atoms with Gasteiger partial charge in [-0.15, -0.1) is 0 Å². The Morgan fingerprint density at radius 1 is 1.28 bits per heavy atom. The van der Waals surface area contributed by atoms with E-state index in [1.54, 1.807) is 34.7 Å². The lowest BCUT2D eigenvalue weighted by Gasteiger charge is -2.37. The van der Waals surface area contributed by atoms with Gasteiger partial charge >= 0.3 is 12.0 Å². The van der Waals surface area contributed by atoms with E-state index < -0.39 is 17.6 Å². The summed E-state index contributed by atoms with van der Waals surface area (Å²) < 4.78 is 0. The SMILES string of the molecule is CC(O)CCN(C)C(=O)N(CC(=O)O)C(C)(C)C. The molecule has 0 radical (unpaired) electrons. The van der Waals surface area contributed by atoms with Crippen LogP contribution in [0.3, 0.4) is 0 Å². The first-order valence-electron chi connectivity index (χ1n) is 5.98. The van der Waals surface area contributed by atoms with Gasteiger partial charge in [-0.1, -0.05) is 0 Å². The van der Waals surface area contributed by atoms with Gasteiger partial charge in [0, 0.05) is 19.1 Å². The maximum Gasteiger partial charge on any atom is 0.323 e. The fourth-order valence-corrected chi connectivity index (χ4v) is 1.41. The van der Waals surface area contributed by atoms with E-state index in [2.05, 4.69) is 0 Å². The lowest BCUT2D eigenvalue weighted by Crippen LogP contribution is -2.53. The summed E-state index contributed by atoms with van der Waals surface area (Å²) in [6.45, 7) is 7.07. The van der Waals surface area contributed by atoms with Gasteiger partial charge < -0.3 is 20.0 Å². The Bertz CT molecular complexity index is 297. The van der Waals surface area contributed by atoms with Gasteiger partial charge in [-0.25, -0.2) is 4.79 Å². The van der Waals surface area contributed by atoms with Crippen LogP contribution in [0.4, 0.5) is 4.79 Å². The quantitative estimate of drug-likeness (QED) is 0.772. The molecule has 2 N–H and O–H groups in total. The van der Waals surface area contributed by atoms with Crippen LogP contribution in [0.5, 0.6) is 0 Å². The third-order valence-corrected chi connectivity index (χ3v) is 2.54. The van der Waals surface area contributed by atoms with Gasteiger partial charge in [0.15, 0.2) is 0 Å². The lowest BCUT2D eigenvalue weighted by atomic mass is 10.1. The summed E-state index contributed by atoms with van der Waals surface area (Å²) in [5.41, 5.74) is -0.561. The zero-order chi connectivity index (χ0) is 14.5. The summed E-state index contributed by atoms with van der Waals surface area (Å²) in [5.74, 6) is -1.04. The summed E-state index contributed by atoms with van der Waals surface area (Å²) in [7, 11) is 1.60. The highest BCUT2D eigenvalue weighted by atomic mass is 16.4. The monoisotopic (exact) mass is 260 g/mol. The van der Waals surface area contributed by atoms with Crippen molar-refractivity contribution < 1.29 is 19.8 Å². The molecule has 1 atom stereocenters. The van der Waals surface area contributed by atoms with Crippen molar-refractivity contribution >= 4 is 12.0 Å². The molecule has 0 aliphatic heterocycles. The van der Waals surface area contributed by atoms with Crippen LogP contribution >= 0.6 is 0 Å². The van der Waals surface area contributed by atoms with Crippen LogP contribution in [-0.4, -0.2) is 63.8 Å². The molecule has 0 spiro atoms. The molecule has 1 unspecified atom stereocenters. The molecular formula is C12H24N2O4. The molecule has 6 nitrogen and oxygen atoms in total. The highest BCUT2D eigenvalue weighted by Gasteiger charge is 2.30. The number of aliphatic hydroxyl groups is 1. The molecule has 0 aromatic heterocycles. The Labute approximate surface area is 108 Å². The summed E-state index contributed by atoms with van der Waals surface area (Å²) in [6.07, 6.45) is -0.0179. The molecule has 0 aliphatic carbocycles. The van der Waals surface area contributed by atoms with Gasteiger partial charge in [0.25, 0.3) is 0 Å². The fraction of sp³-hybridized carbons (Fsp3) is 0.833. The van der Waals surface area contributed by atoms with Crippen LogP contribution in [0.25, 0.3) is 0 Å². The van der Waals surface area contributed by atoms with Gasteiger partial charge in [0.2, 0.25) is 0 Å². The Balaban J connectivity index is 4.70. The highest BCUT2D eigenvalue weighted by molar-refractivity contribution is 5.80.